The fraction of sp³-hybridized carbons (Fsp3) is 0.967. The van der Waals surface area contributed by atoms with Gasteiger partial charge in [0.25, 0.3) is 0 Å². The molecule has 5 aliphatic carbocycles. The Bertz CT molecular complexity index is 838. The molecule has 0 bridgehead atoms. The molecule has 0 aromatic heterocycles. The van der Waals surface area contributed by atoms with Crippen LogP contribution in [0, 0.1) is 56.2 Å². The van der Waals surface area contributed by atoms with Crippen molar-refractivity contribution in [2.24, 2.45) is 56.2 Å². The summed E-state index contributed by atoms with van der Waals surface area (Å²) in [5.41, 5.74) is 0.701. The average molecular weight is 459 g/mol. The summed E-state index contributed by atoms with van der Waals surface area (Å²) < 4.78 is 0. The van der Waals surface area contributed by atoms with Gasteiger partial charge in [-0.15, -0.1) is 0 Å². The molecular formula is C30H50O3. The van der Waals surface area contributed by atoms with Crippen LogP contribution in [0.1, 0.15) is 113 Å². The predicted octanol–water partition coefficient (Wildman–Crippen LogP) is 6.40. The van der Waals surface area contributed by atoms with E-state index in [2.05, 4.69) is 48.5 Å². The molecule has 0 aromatic rings. The molecule has 5 fully saturated rings. The molecule has 188 valence electrons. The molecule has 0 aromatic carbocycles. The lowest BCUT2D eigenvalue weighted by atomic mass is 9.29. The Morgan fingerprint density at radius 1 is 0.818 bits per heavy atom. The van der Waals surface area contributed by atoms with Crippen LogP contribution >= 0.6 is 0 Å². The van der Waals surface area contributed by atoms with Gasteiger partial charge in [0, 0.05) is 18.9 Å². The second-order valence-corrected chi connectivity index (χ2v) is 15.3. The summed E-state index contributed by atoms with van der Waals surface area (Å²) >= 11 is 0. The summed E-state index contributed by atoms with van der Waals surface area (Å²) in [6.45, 7) is 17.2. The minimum atomic E-state index is -0.327. The van der Waals surface area contributed by atoms with Crippen molar-refractivity contribution in [3.05, 3.63) is 0 Å². The zero-order valence-electron chi connectivity index (χ0n) is 22.5. The van der Waals surface area contributed by atoms with E-state index in [9.17, 15) is 15.0 Å². The molecule has 3 heteroatoms. The van der Waals surface area contributed by atoms with Crippen LogP contribution in [0.4, 0.5) is 0 Å². The minimum absolute atomic E-state index is 0.0368. The number of hydrogen-bond donors (Lipinski definition) is 2. The molecule has 0 radical (unpaired) electrons. The fourth-order valence-electron chi connectivity index (χ4n) is 11.4. The molecule has 5 rings (SSSR count). The molecule has 5 aliphatic rings. The number of carbonyl (C=O) groups excluding carboxylic acids is 1. The molecule has 0 aliphatic heterocycles. The lowest BCUT2D eigenvalue weighted by Gasteiger charge is -2.75. The van der Waals surface area contributed by atoms with Gasteiger partial charge in [-0.2, -0.15) is 0 Å². The van der Waals surface area contributed by atoms with E-state index < -0.39 is 0 Å². The first kappa shape index (κ1) is 24.3. The van der Waals surface area contributed by atoms with Crippen LogP contribution in [0.2, 0.25) is 0 Å². The number of Topliss-reactive ketones (excluding diaryl/α,β-unsaturated/α-hetero) is 1. The molecule has 0 spiro atoms. The first-order valence-corrected chi connectivity index (χ1v) is 14.0. The van der Waals surface area contributed by atoms with Crippen molar-refractivity contribution in [3.63, 3.8) is 0 Å². The number of carbonyl (C=O) groups is 1. The number of aliphatic hydroxyl groups excluding tert-OH is 2. The molecule has 0 heterocycles. The van der Waals surface area contributed by atoms with Gasteiger partial charge in [0.1, 0.15) is 5.78 Å². The quantitative estimate of drug-likeness (QED) is 0.478. The first-order chi connectivity index (χ1) is 15.2. The highest BCUT2D eigenvalue weighted by molar-refractivity contribution is 5.82. The van der Waals surface area contributed by atoms with Crippen molar-refractivity contribution < 1.29 is 15.0 Å². The molecule has 0 unspecified atom stereocenters. The van der Waals surface area contributed by atoms with E-state index >= 15 is 0 Å². The van der Waals surface area contributed by atoms with Gasteiger partial charge in [-0.1, -0.05) is 48.5 Å². The number of hydrogen-bond acceptors (Lipinski definition) is 3. The van der Waals surface area contributed by atoms with Crippen LogP contribution in [0.5, 0.6) is 0 Å². The summed E-state index contributed by atoms with van der Waals surface area (Å²) in [5, 5.41) is 22.2. The summed E-state index contributed by atoms with van der Waals surface area (Å²) in [7, 11) is 0. The van der Waals surface area contributed by atoms with E-state index in [-0.39, 0.29) is 39.1 Å². The van der Waals surface area contributed by atoms with Gasteiger partial charge in [0.05, 0.1) is 6.10 Å². The van der Waals surface area contributed by atoms with Crippen LogP contribution in [-0.4, -0.2) is 28.7 Å². The van der Waals surface area contributed by atoms with Crippen LogP contribution in [0.25, 0.3) is 0 Å². The maximum Gasteiger partial charge on any atom is 0.136 e. The Hall–Kier alpha value is -0.410. The van der Waals surface area contributed by atoms with Crippen LogP contribution < -0.4 is 0 Å². The molecule has 0 amide bonds. The summed E-state index contributed by atoms with van der Waals surface area (Å²) in [5.74, 6) is 1.90. The van der Waals surface area contributed by atoms with Gasteiger partial charge < -0.3 is 10.2 Å². The predicted molar refractivity (Wildman–Crippen MR) is 133 cm³/mol. The highest BCUT2D eigenvalue weighted by atomic mass is 16.3. The fourth-order valence-corrected chi connectivity index (χ4v) is 11.4. The maximum absolute atomic E-state index is 12.7. The second kappa shape index (κ2) is 7.09. The SMILES string of the molecule is C[C@H]1C(=O)CC[C@@H]2[C@]1(C)C[C@H](O)[C@H]1[C@@]2(C)CC[C@@]2(C)[C@@H]3C[C@](C)(CO)CC[C@]3(C)CC[C@]12C. The summed E-state index contributed by atoms with van der Waals surface area (Å²) in [6.07, 6.45) is 10.5. The van der Waals surface area contributed by atoms with Crippen LogP contribution in [0.3, 0.4) is 0 Å². The van der Waals surface area contributed by atoms with Crippen LogP contribution in [-0.2, 0) is 4.79 Å². The number of ketones is 1. The zero-order chi connectivity index (χ0) is 24.2. The van der Waals surface area contributed by atoms with E-state index in [1.54, 1.807) is 0 Å². The molecular weight excluding hydrogens is 408 g/mol. The minimum Gasteiger partial charge on any atom is -0.396 e. The molecule has 11 atom stereocenters. The number of aliphatic hydroxyl groups is 2. The Morgan fingerprint density at radius 2 is 1.45 bits per heavy atom. The van der Waals surface area contributed by atoms with Crippen molar-refractivity contribution in [3.8, 4) is 0 Å². The van der Waals surface area contributed by atoms with Gasteiger partial charge in [0.2, 0.25) is 0 Å². The monoisotopic (exact) mass is 458 g/mol. The Kier molecular flexibility index (Phi) is 5.22. The van der Waals surface area contributed by atoms with Gasteiger partial charge in [-0.05, 0) is 108 Å². The van der Waals surface area contributed by atoms with Gasteiger partial charge in [-0.3, -0.25) is 4.79 Å². The first-order valence-electron chi connectivity index (χ1n) is 14.0. The van der Waals surface area contributed by atoms with Gasteiger partial charge >= 0.3 is 0 Å². The van der Waals surface area contributed by atoms with Crippen molar-refractivity contribution in [2.75, 3.05) is 6.61 Å². The number of rotatable bonds is 1. The lowest BCUT2D eigenvalue weighted by molar-refractivity contribution is -0.283. The molecule has 5 saturated carbocycles. The normalized spacial score (nSPS) is 60.9. The van der Waals surface area contributed by atoms with Crippen molar-refractivity contribution in [1.29, 1.82) is 0 Å². The van der Waals surface area contributed by atoms with E-state index in [1.807, 2.05) is 0 Å². The standard InChI is InChI=1S/C30H50O3/c1-19-20(32)8-9-22-27(4)13-15-29(6)23-17-25(2,18-31)10-11-26(23,3)12-14-30(29,7)24(27)21(33)16-28(19,22)5/h19,21-24,31,33H,8-18H2,1-7H3/t19-,21-,22-,23+,24-,25+,26+,27-,28+,29-,30+/m0/s1. The van der Waals surface area contributed by atoms with Crippen molar-refractivity contribution in [2.45, 2.75) is 119 Å². The number of fused-ring (bicyclic) bond motifs is 7. The highest BCUT2D eigenvalue weighted by Crippen LogP contribution is 2.78. The maximum atomic E-state index is 12.7. The van der Waals surface area contributed by atoms with E-state index in [1.165, 1.54) is 32.1 Å². The molecule has 0 saturated heterocycles. The lowest BCUT2D eigenvalue weighted by Crippen LogP contribution is -2.70. The Balaban J connectivity index is 1.58. The smallest absolute Gasteiger partial charge is 0.136 e. The van der Waals surface area contributed by atoms with Crippen LogP contribution in [0.15, 0.2) is 0 Å². The van der Waals surface area contributed by atoms with Gasteiger partial charge in [-0.25, -0.2) is 0 Å². The molecule has 2 N–H and O–H groups in total. The topological polar surface area (TPSA) is 57.5 Å². The van der Waals surface area contributed by atoms with E-state index in [0.29, 0.717) is 35.6 Å². The second-order valence-electron chi connectivity index (χ2n) is 15.3. The Morgan fingerprint density at radius 3 is 2.12 bits per heavy atom. The van der Waals surface area contributed by atoms with E-state index in [4.69, 9.17) is 0 Å². The largest absolute Gasteiger partial charge is 0.396 e. The zero-order valence-corrected chi connectivity index (χ0v) is 22.5. The highest BCUT2D eigenvalue weighted by Gasteiger charge is 2.72. The molecule has 33 heavy (non-hydrogen) atoms. The van der Waals surface area contributed by atoms with Crippen molar-refractivity contribution in [1.82, 2.24) is 0 Å². The van der Waals surface area contributed by atoms with E-state index in [0.717, 1.165) is 32.1 Å². The third-order valence-corrected chi connectivity index (χ3v) is 13.9. The van der Waals surface area contributed by atoms with Crippen molar-refractivity contribution >= 4 is 5.78 Å². The van der Waals surface area contributed by atoms with Gasteiger partial charge in [0.15, 0.2) is 0 Å². The average Bonchev–Trinajstić information content (AvgIpc) is 2.74. The summed E-state index contributed by atoms with van der Waals surface area (Å²) in [4.78, 5) is 12.7. The summed E-state index contributed by atoms with van der Waals surface area (Å²) in [6, 6.07) is 0. The Labute approximate surface area is 202 Å². The third kappa shape index (κ3) is 2.90. The third-order valence-electron chi connectivity index (χ3n) is 13.9. The molecule has 3 nitrogen and oxygen atoms in total.